The Balaban J connectivity index is 1.98. The summed E-state index contributed by atoms with van der Waals surface area (Å²) in [6.07, 6.45) is 5.70. The average molecular weight is 441 g/mol. The average Bonchev–Trinajstić information content (AvgIpc) is 3.11. The summed E-state index contributed by atoms with van der Waals surface area (Å²) < 4.78 is 8.98. The number of fused-ring (bicyclic) bond motifs is 5. The van der Waals surface area contributed by atoms with Crippen LogP contribution in [0.2, 0.25) is 0 Å². The number of aromatic nitrogens is 1. The zero-order chi connectivity index (χ0) is 23.7. The number of pyridine rings is 1. The minimum atomic E-state index is 0.112. The summed E-state index contributed by atoms with van der Waals surface area (Å²) in [5, 5.41) is 2.57. The van der Waals surface area contributed by atoms with E-state index in [1.165, 1.54) is 57.1 Å². The third-order valence-electron chi connectivity index (χ3n) is 7.92. The summed E-state index contributed by atoms with van der Waals surface area (Å²) in [4.78, 5) is 0. The summed E-state index contributed by atoms with van der Waals surface area (Å²) in [6.45, 7) is 16.6. The zero-order valence-electron chi connectivity index (χ0n) is 21.6. The van der Waals surface area contributed by atoms with Crippen LogP contribution in [-0.2, 0) is 24.3 Å². The molecule has 2 nitrogen and oxygen atoms in total. The van der Waals surface area contributed by atoms with Crippen LogP contribution in [0, 0.1) is 12.8 Å². The lowest BCUT2D eigenvalue weighted by atomic mass is 9.60. The van der Waals surface area contributed by atoms with Crippen LogP contribution in [0.3, 0.4) is 0 Å². The molecule has 2 heteroatoms. The maximum absolute atomic E-state index is 6.71. The van der Waals surface area contributed by atoms with Crippen molar-refractivity contribution >= 4 is 21.9 Å². The quantitative estimate of drug-likeness (QED) is 0.296. The van der Waals surface area contributed by atoms with Crippen LogP contribution in [-0.4, -0.2) is 0 Å². The van der Waals surface area contributed by atoms with Gasteiger partial charge in [-0.15, -0.1) is 0 Å². The molecular formula is C31H38NO+. The molecule has 33 heavy (non-hydrogen) atoms. The zero-order valence-corrected chi connectivity index (χ0v) is 21.6. The van der Waals surface area contributed by atoms with Gasteiger partial charge in [0.1, 0.15) is 18.2 Å². The first-order valence-electron chi connectivity index (χ1n) is 12.5. The van der Waals surface area contributed by atoms with E-state index in [4.69, 9.17) is 4.42 Å². The smallest absolute Gasteiger partial charge is 0.216 e. The first-order valence-corrected chi connectivity index (χ1v) is 12.5. The first-order chi connectivity index (χ1) is 15.5. The van der Waals surface area contributed by atoms with E-state index in [-0.39, 0.29) is 10.8 Å². The molecule has 0 N–H and O–H groups in total. The molecular weight excluding hydrogens is 402 g/mol. The first kappa shape index (κ1) is 22.2. The molecule has 1 aliphatic rings. The van der Waals surface area contributed by atoms with Crippen molar-refractivity contribution in [1.29, 1.82) is 0 Å². The Labute approximate surface area is 198 Å². The van der Waals surface area contributed by atoms with Crippen LogP contribution in [0.4, 0.5) is 0 Å². The van der Waals surface area contributed by atoms with E-state index in [0.29, 0.717) is 5.92 Å². The van der Waals surface area contributed by atoms with Gasteiger partial charge < -0.3 is 4.42 Å². The lowest BCUT2D eigenvalue weighted by molar-refractivity contribution is -0.660. The van der Waals surface area contributed by atoms with Gasteiger partial charge in [0.25, 0.3) is 0 Å². The molecule has 2 heterocycles. The van der Waals surface area contributed by atoms with Crippen molar-refractivity contribution in [2.75, 3.05) is 0 Å². The van der Waals surface area contributed by atoms with Crippen LogP contribution in [0.5, 0.6) is 0 Å². The molecule has 0 saturated carbocycles. The molecule has 1 aliphatic carbocycles. The molecule has 2 aromatic carbocycles. The van der Waals surface area contributed by atoms with Gasteiger partial charge in [-0.25, -0.2) is 4.57 Å². The Hall–Kier alpha value is -2.61. The number of hydrogen-bond donors (Lipinski definition) is 0. The number of aryl methyl sites for hydroxylation is 1. The molecule has 0 spiro atoms. The fraction of sp³-hybridized carbons (Fsp3) is 0.452. The fourth-order valence-electron chi connectivity index (χ4n) is 6.24. The third-order valence-corrected chi connectivity index (χ3v) is 7.92. The predicted molar refractivity (Wildman–Crippen MR) is 139 cm³/mol. The Morgan fingerprint density at radius 1 is 0.970 bits per heavy atom. The number of furan rings is 1. The van der Waals surface area contributed by atoms with Crippen LogP contribution in [0.1, 0.15) is 76.6 Å². The number of para-hydroxylation sites is 1. The molecule has 0 amide bonds. The maximum atomic E-state index is 6.71. The minimum absolute atomic E-state index is 0.112. The lowest BCUT2D eigenvalue weighted by Crippen LogP contribution is -2.36. The standard InChI is InChI=1S/C31H38NO/c1-19(2)17-21-13-16-32(8)23(18-21)25-20(3)27-28(31(6,7)15-14-30(27,4)5)26-22-11-9-10-12-24(22)33-29(25)26/h9-13,16,18-19H,14-15,17H2,1-8H3/q+1. The number of nitrogens with zero attached hydrogens (tertiary/aromatic N) is 1. The topological polar surface area (TPSA) is 17.0 Å². The van der Waals surface area contributed by atoms with Crippen molar-refractivity contribution < 1.29 is 8.98 Å². The van der Waals surface area contributed by atoms with Gasteiger partial charge in [0.05, 0.1) is 5.56 Å². The number of hydrogen-bond acceptors (Lipinski definition) is 1. The summed E-state index contributed by atoms with van der Waals surface area (Å²) >= 11 is 0. The molecule has 0 unspecified atom stereocenters. The second-order valence-corrected chi connectivity index (χ2v) is 11.9. The van der Waals surface area contributed by atoms with Gasteiger partial charge in [0, 0.05) is 22.9 Å². The SMILES string of the molecule is Cc1c2c(c3c(oc4ccccc43)c1-c1cc(CC(C)C)cc[n+]1C)C(C)(C)CCC2(C)C. The van der Waals surface area contributed by atoms with E-state index in [2.05, 4.69) is 103 Å². The highest BCUT2D eigenvalue weighted by molar-refractivity contribution is 6.12. The van der Waals surface area contributed by atoms with Crippen LogP contribution in [0.25, 0.3) is 33.2 Å². The molecule has 0 bridgehead atoms. The number of benzene rings is 2. The lowest BCUT2D eigenvalue weighted by Gasteiger charge is -2.43. The molecule has 0 fully saturated rings. The van der Waals surface area contributed by atoms with Crippen molar-refractivity contribution in [3.05, 3.63) is 64.8 Å². The molecule has 0 atom stereocenters. The van der Waals surface area contributed by atoms with Gasteiger partial charge >= 0.3 is 0 Å². The summed E-state index contributed by atoms with van der Waals surface area (Å²) in [6, 6.07) is 13.3. The fourth-order valence-corrected chi connectivity index (χ4v) is 6.24. The molecule has 2 aromatic heterocycles. The predicted octanol–water partition coefficient (Wildman–Crippen LogP) is 7.93. The van der Waals surface area contributed by atoms with Crippen LogP contribution in [0.15, 0.2) is 47.0 Å². The van der Waals surface area contributed by atoms with Gasteiger partial charge in [-0.05, 0) is 71.3 Å². The second kappa shape index (κ2) is 7.45. The van der Waals surface area contributed by atoms with Gasteiger partial charge in [-0.2, -0.15) is 0 Å². The third kappa shape index (κ3) is 3.41. The summed E-state index contributed by atoms with van der Waals surface area (Å²) in [7, 11) is 2.16. The van der Waals surface area contributed by atoms with Gasteiger partial charge in [0.15, 0.2) is 6.20 Å². The monoisotopic (exact) mass is 440 g/mol. The van der Waals surface area contributed by atoms with E-state index in [1.807, 2.05) is 0 Å². The van der Waals surface area contributed by atoms with Crippen LogP contribution < -0.4 is 4.57 Å². The van der Waals surface area contributed by atoms with Crippen molar-refractivity contribution in [3.63, 3.8) is 0 Å². The molecule has 0 saturated heterocycles. The van der Waals surface area contributed by atoms with Crippen LogP contribution >= 0.6 is 0 Å². The van der Waals surface area contributed by atoms with Gasteiger partial charge in [0.2, 0.25) is 5.69 Å². The Morgan fingerprint density at radius 2 is 1.64 bits per heavy atom. The normalized spacial score (nSPS) is 17.1. The maximum Gasteiger partial charge on any atom is 0.216 e. The Bertz CT molecular complexity index is 1380. The highest BCUT2D eigenvalue weighted by Gasteiger charge is 2.42. The van der Waals surface area contributed by atoms with E-state index in [9.17, 15) is 0 Å². The molecule has 4 aromatic rings. The number of rotatable bonds is 3. The van der Waals surface area contributed by atoms with E-state index < -0.39 is 0 Å². The minimum Gasteiger partial charge on any atom is -0.455 e. The highest BCUT2D eigenvalue weighted by Crippen LogP contribution is 2.54. The molecule has 0 aliphatic heterocycles. The van der Waals surface area contributed by atoms with E-state index >= 15 is 0 Å². The molecule has 5 rings (SSSR count). The Kier molecular flexibility index (Phi) is 5.01. The molecule has 172 valence electrons. The second-order valence-electron chi connectivity index (χ2n) is 11.9. The Morgan fingerprint density at radius 3 is 2.33 bits per heavy atom. The van der Waals surface area contributed by atoms with Crippen molar-refractivity contribution in [2.45, 2.75) is 78.6 Å². The van der Waals surface area contributed by atoms with Gasteiger partial charge in [-0.1, -0.05) is 59.7 Å². The van der Waals surface area contributed by atoms with E-state index in [1.54, 1.807) is 0 Å². The van der Waals surface area contributed by atoms with E-state index in [0.717, 1.165) is 17.6 Å². The summed E-state index contributed by atoms with van der Waals surface area (Å²) in [5.74, 6) is 0.626. The van der Waals surface area contributed by atoms with Crippen molar-refractivity contribution in [2.24, 2.45) is 13.0 Å². The van der Waals surface area contributed by atoms with Crippen molar-refractivity contribution in [1.82, 2.24) is 0 Å². The summed E-state index contributed by atoms with van der Waals surface area (Å²) in [5.41, 5.74) is 10.6. The van der Waals surface area contributed by atoms with Crippen molar-refractivity contribution in [3.8, 4) is 11.3 Å². The van der Waals surface area contributed by atoms with Gasteiger partial charge in [-0.3, -0.25) is 0 Å². The highest BCUT2D eigenvalue weighted by atomic mass is 16.3. The molecule has 0 radical (unpaired) electrons. The largest absolute Gasteiger partial charge is 0.455 e.